The molecule has 3 heteroatoms. The van der Waals surface area contributed by atoms with Crippen LogP contribution in [0.5, 0.6) is 0 Å². The molecule has 3 rings (SSSR count). The number of nitrogens with zero attached hydrogens (tertiary/aromatic N) is 1. The van der Waals surface area contributed by atoms with Gasteiger partial charge in [-0.3, -0.25) is 4.79 Å². The summed E-state index contributed by atoms with van der Waals surface area (Å²) in [6.45, 7) is 4.89. The molecule has 3 aliphatic rings. The second-order valence-corrected chi connectivity index (χ2v) is 5.43. The summed E-state index contributed by atoms with van der Waals surface area (Å²) >= 11 is 0. The van der Waals surface area contributed by atoms with Crippen molar-refractivity contribution in [1.82, 2.24) is 4.90 Å². The van der Waals surface area contributed by atoms with Crippen molar-refractivity contribution in [3.63, 3.8) is 0 Å². The van der Waals surface area contributed by atoms with E-state index in [1.807, 2.05) is 0 Å². The third-order valence-corrected chi connectivity index (χ3v) is 4.44. The van der Waals surface area contributed by atoms with Gasteiger partial charge < -0.3 is 9.64 Å². The van der Waals surface area contributed by atoms with E-state index in [1.165, 1.54) is 25.7 Å². The molecule has 0 N–H and O–H groups in total. The summed E-state index contributed by atoms with van der Waals surface area (Å²) in [4.78, 5) is 13.5. The van der Waals surface area contributed by atoms with Crippen molar-refractivity contribution in [2.45, 2.75) is 57.8 Å². The van der Waals surface area contributed by atoms with Gasteiger partial charge >= 0.3 is 0 Å². The Labute approximate surface area is 90.8 Å². The molecule has 2 heterocycles. The van der Waals surface area contributed by atoms with Crippen molar-refractivity contribution in [2.75, 3.05) is 6.54 Å². The average Bonchev–Trinajstić information content (AvgIpc) is 2.79. The molecule has 1 saturated carbocycles. The molecule has 15 heavy (non-hydrogen) atoms. The average molecular weight is 209 g/mol. The van der Waals surface area contributed by atoms with Gasteiger partial charge in [-0.15, -0.1) is 0 Å². The summed E-state index contributed by atoms with van der Waals surface area (Å²) in [7, 11) is 0. The van der Waals surface area contributed by atoms with E-state index in [9.17, 15) is 4.79 Å². The summed E-state index contributed by atoms with van der Waals surface area (Å²) in [6, 6.07) is 0.511. The number of carbonyl (C=O) groups is 1. The fraction of sp³-hybridized carbons (Fsp3) is 0.917. The van der Waals surface area contributed by atoms with Crippen molar-refractivity contribution in [1.29, 1.82) is 0 Å². The van der Waals surface area contributed by atoms with Crippen molar-refractivity contribution >= 4 is 5.91 Å². The third kappa shape index (κ3) is 1.25. The van der Waals surface area contributed by atoms with Crippen LogP contribution < -0.4 is 0 Å². The molecular formula is C12H19NO2. The van der Waals surface area contributed by atoms with Crippen molar-refractivity contribution in [3.8, 4) is 0 Å². The van der Waals surface area contributed by atoms with Crippen LogP contribution in [-0.4, -0.2) is 35.6 Å². The van der Waals surface area contributed by atoms with Gasteiger partial charge in [0.1, 0.15) is 0 Å². The van der Waals surface area contributed by atoms with Gasteiger partial charge in [-0.1, -0.05) is 13.3 Å². The lowest BCUT2D eigenvalue weighted by Gasteiger charge is -2.56. The number of epoxide rings is 1. The maximum absolute atomic E-state index is 11.4. The molecule has 1 amide bonds. The minimum atomic E-state index is 0.251. The van der Waals surface area contributed by atoms with Gasteiger partial charge in [0, 0.05) is 24.9 Å². The van der Waals surface area contributed by atoms with Crippen molar-refractivity contribution < 1.29 is 9.53 Å². The molecule has 1 spiro atoms. The Bertz CT molecular complexity index is 292. The van der Waals surface area contributed by atoms with Crippen LogP contribution >= 0.6 is 0 Å². The molecule has 0 bridgehead atoms. The maximum atomic E-state index is 11.4. The van der Waals surface area contributed by atoms with E-state index < -0.39 is 0 Å². The number of hydrogen-bond acceptors (Lipinski definition) is 2. The van der Waals surface area contributed by atoms with Crippen LogP contribution in [0.2, 0.25) is 0 Å². The maximum Gasteiger partial charge on any atom is 0.219 e. The minimum absolute atomic E-state index is 0.251. The first-order valence-electron chi connectivity index (χ1n) is 6.09. The van der Waals surface area contributed by atoms with E-state index in [0.717, 1.165) is 6.54 Å². The molecule has 4 atom stereocenters. The Morgan fingerprint density at radius 1 is 1.47 bits per heavy atom. The standard InChI is InChI=1S/C12H19NO2/c1-3-4-11-12(7-13(11)8(2)14)5-9-10(6-12)15-9/h9-11H,3-7H2,1-2H3/t9-,10+,11?,12?. The highest BCUT2D eigenvalue weighted by Crippen LogP contribution is 2.58. The first kappa shape index (κ1) is 9.64. The van der Waals surface area contributed by atoms with Crippen LogP contribution in [0, 0.1) is 5.41 Å². The van der Waals surface area contributed by atoms with Gasteiger partial charge in [0.15, 0.2) is 0 Å². The lowest BCUT2D eigenvalue weighted by molar-refractivity contribution is -0.155. The zero-order valence-corrected chi connectivity index (χ0v) is 9.53. The Morgan fingerprint density at radius 2 is 2.13 bits per heavy atom. The fourth-order valence-corrected chi connectivity index (χ4v) is 3.66. The van der Waals surface area contributed by atoms with Crippen LogP contribution in [0.25, 0.3) is 0 Å². The molecule has 2 unspecified atom stereocenters. The molecule has 0 radical (unpaired) electrons. The second-order valence-electron chi connectivity index (χ2n) is 5.43. The number of fused-ring (bicyclic) bond motifs is 1. The van der Waals surface area contributed by atoms with Gasteiger partial charge in [0.2, 0.25) is 5.91 Å². The highest BCUT2D eigenvalue weighted by atomic mass is 16.6. The predicted octanol–water partition coefficient (Wildman–Crippen LogP) is 1.56. The number of carbonyl (C=O) groups excluding carboxylic acids is 1. The molecule has 3 nitrogen and oxygen atoms in total. The van der Waals surface area contributed by atoms with Crippen LogP contribution in [0.3, 0.4) is 0 Å². The number of ether oxygens (including phenoxy) is 1. The topological polar surface area (TPSA) is 32.8 Å². The Morgan fingerprint density at radius 3 is 2.67 bits per heavy atom. The summed E-state index contributed by atoms with van der Waals surface area (Å²) < 4.78 is 5.50. The van der Waals surface area contributed by atoms with E-state index >= 15 is 0 Å². The molecular weight excluding hydrogens is 190 g/mol. The lowest BCUT2D eigenvalue weighted by atomic mass is 9.68. The highest BCUT2D eigenvalue weighted by Gasteiger charge is 2.64. The van der Waals surface area contributed by atoms with Gasteiger partial charge in [-0.2, -0.15) is 0 Å². The zero-order valence-electron chi connectivity index (χ0n) is 9.53. The number of hydrogen-bond donors (Lipinski definition) is 0. The van der Waals surface area contributed by atoms with Gasteiger partial charge in [-0.25, -0.2) is 0 Å². The monoisotopic (exact) mass is 209 g/mol. The minimum Gasteiger partial charge on any atom is -0.370 e. The Balaban J connectivity index is 1.73. The van der Waals surface area contributed by atoms with E-state index in [-0.39, 0.29) is 5.91 Å². The molecule has 84 valence electrons. The molecule has 1 aliphatic carbocycles. The number of rotatable bonds is 2. The van der Waals surface area contributed by atoms with Gasteiger partial charge in [0.05, 0.1) is 12.2 Å². The molecule has 0 aromatic heterocycles. The van der Waals surface area contributed by atoms with Crippen molar-refractivity contribution in [3.05, 3.63) is 0 Å². The summed E-state index contributed by atoms with van der Waals surface area (Å²) in [5.41, 5.74) is 0.440. The van der Waals surface area contributed by atoms with E-state index in [0.29, 0.717) is 23.7 Å². The summed E-state index contributed by atoms with van der Waals surface area (Å²) in [6.07, 6.45) is 5.82. The number of likely N-dealkylation sites (tertiary alicyclic amines) is 1. The molecule has 2 aliphatic heterocycles. The van der Waals surface area contributed by atoms with Crippen LogP contribution in [0.4, 0.5) is 0 Å². The summed E-state index contributed by atoms with van der Waals surface area (Å²) in [5, 5.41) is 0. The smallest absolute Gasteiger partial charge is 0.219 e. The van der Waals surface area contributed by atoms with E-state index in [4.69, 9.17) is 4.74 Å². The lowest BCUT2D eigenvalue weighted by Crippen LogP contribution is -2.65. The fourth-order valence-electron chi connectivity index (χ4n) is 3.66. The van der Waals surface area contributed by atoms with Crippen molar-refractivity contribution in [2.24, 2.45) is 5.41 Å². The predicted molar refractivity (Wildman–Crippen MR) is 56.4 cm³/mol. The first-order valence-corrected chi connectivity index (χ1v) is 6.09. The Kier molecular flexibility index (Phi) is 1.91. The molecule has 3 fully saturated rings. The second kappa shape index (κ2) is 2.97. The van der Waals surface area contributed by atoms with E-state index in [2.05, 4.69) is 11.8 Å². The third-order valence-electron chi connectivity index (χ3n) is 4.44. The van der Waals surface area contributed by atoms with Crippen LogP contribution in [0.1, 0.15) is 39.5 Å². The normalized spacial score (nSPS) is 46.5. The zero-order chi connectivity index (χ0) is 10.6. The SMILES string of the molecule is CCCC1N(C(C)=O)CC12C[C@@H]1O[C@@H]1C2. The largest absolute Gasteiger partial charge is 0.370 e. The van der Waals surface area contributed by atoms with Gasteiger partial charge in [-0.05, 0) is 19.3 Å². The highest BCUT2D eigenvalue weighted by molar-refractivity contribution is 5.75. The molecule has 2 saturated heterocycles. The first-order chi connectivity index (χ1) is 7.16. The molecule has 0 aromatic carbocycles. The van der Waals surface area contributed by atoms with E-state index in [1.54, 1.807) is 6.92 Å². The quantitative estimate of drug-likeness (QED) is 0.647. The van der Waals surface area contributed by atoms with Crippen LogP contribution in [-0.2, 0) is 9.53 Å². The molecule has 0 aromatic rings. The number of amides is 1. The Hall–Kier alpha value is -0.570. The van der Waals surface area contributed by atoms with Gasteiger partial charge in [0.25, 0.3) is 0 Å². The summed E-state index contributed by atoms with van der Waals surface area (Å²) in [5.74, 6) is 0.251. The van der Waals surface area contributed by atoms with Crippen LogP contribution in [0.15, 0.2) is 0 Å².